The molecular formula is C63H122O17P2. The molecule has 0 aromatic heterocycles. The summed E-state index contributed by atoms with van der Waals surface area (Å²) in [5, 5.41) is 10.5. The van der Waals surface area contributed by atoms with E-state index in [9.17, 15) is 43.2 Å². The third-order valence-corrected chi connectivity index (χ3v) is 16.5. The fourth-order valence-corrected chi connectivity index (χ4v) is 11.0. The van der Waals surface area contributed by atoms with Crippen LogP contribution in [0.3, 0.4) is 0 Å². The summed E-state index contributed by atoms with van der Waals surface area (Å²) in [5.74, 6) is -2.13. The van der Waals surface area contributed by atoms with Crippen molar-refractivity contribution < 1.29 is 80.2 Å². The highest BCUT2D eigenvalue weighted by Crippen LogP contribution is 2.45. The minimum Gasteiger partial charge on any atom is -0.462 e. The van der Waals surface area contributed by atoms with Gasteiger partial charge in [0.15, 0.2) is 12.2 Å². The van der Waals surface area contributed by atoms with E-state index in [4.69, 9.17) is 37.0 Å². The van der Waals surface area contributed by atoms with Crippen LogP contribution < -0.4 is 0 Å². The van der Waals surface area contributed by atoms with E-state index in [0.717, 1.165) is 89.9 Å². The number of aliphatic hydroxyl groups excluding tert-OH is 1. The monoisotopic (exact) mass is 1210 g/mol. The molecule has 19 heteroatoms. The van der Waals surface area contributed by atoms with Crippen molar-refractivity contribution >= 4 is 39.5 Å². The predicted octanol–water partition coefficient (Wildman–Crippen LogP) is 17.5. The zero-order valence-electron chi connectivity index (χ0n) is 52.5. The van der Waals surface area contributed by atoms with E-state index >= 15 is 0 Å². The summed E-state index contributed by atoms with van der Waals surface area (Å²) >= 11 is 0. The average molecular weight is 1210 g/mol. The lowest BCUT2D eigenvalue weighted by molar-refractivity contribution is -0.161. The Morgan fingerprint density at radius 2 is 0.488 bits per heavy atom. The Bertz CT molecular complexity index is 1590. The Balaban J connectivity index is 5.23. The number of hydrogen-bond donors (Lipinski definition) is 3. The second kappa shape index (κ2) is 58.1. The number of phosphoric acid groups is 2. The summed E-state index contributed by atoms with van der Waals surface area (Å²) in [6, 6.07) is 0. The number of unbranched alkanes of at least 4 members (excludes halogenated alkanes) is 38. The van der Waals surface area contributed by atoms with Crippen molar-refractivity contribution in [1.29, 1.82) is 0 Å². The second-order valence-corrected chi connectivity index (χ2v) is 25.7. The first-order chi connectivity index (χ1) is 39.7. The highest BCUT2D eigenvalue weighted by molar-refractivity contribution is 7.47. The van der Waals surface area contributed by atoms with Gasteiger partial charge in [0.05, 0.1) is 26.4 Å². The van der Waals surface area contributed by atoms with Crippen LogP contribution in [0.4, 0.5) is 0 Å². The Hall–Kier alpha value is -1.94. The second-order valence-electron chi connectivity index (χ2n) is 22.8. The molecule has 82 heavy (non-hydrogen) atoms. The molecule has 0 spiro atoms. The molecule has 0 heterocycles. The molecule has 5 atom stereocenters. The number of hydrogen-bond acceptors (Lipinski definition) is 15. The van der Waals surface area contributed by atoms with Crippen LogP contribution >= 0.6 is 15.6 Å². The van der Waals surface area contributed by atoms with Crippen LogP contribution in [0.1, 0.15) is 323 Å². The van der Waals surface area contributed by atoms with Crippen LogP contribution in [0.2, 0.25) is 0 Å². The van der Waals surface area contributed by atoms with E-state index in [1.807, 2.05) is 0 Å². The van der Waals surface area contributed by atoms with Gasteiger partial charge in [-0.3, -0.25) is 37.3 Å². The molecule has 0 aliphatic carbocycles. The van der Waals surface area contributed by atoms with Gasteiger partial charge in [0.25, 0.3) is 0 Å². The van der Waals surface area contributed by atoms with Gasteiger partial charge in [0.2, 0.25) is 0 Å². The topological polar surface area (TPSA) is 237 Å². The highest BCUT2D eigenvalue weighted by Gasteiger charge is 2.30. The first kappa shape index (κ1) is 80.1. The van der Waals surface area contributed by atoms with Crippen molar-refractivity contribution in [2.75, 3.05) is 39.6 Å². The number of phosphoric ester groups is 2. The van der Waals surface area contributed by atoms with E-state index in [1.165, 1.54) is 154 Å². The lowest BCUT2D eigenvalue weighted by Gasteiger charge is -2.21. The molecule has 0 amide bonds. The summed E-state index contributed by atoms with van der Waals surface area (Å²) in [5.41, 5.74) is 0. The van der Waals surface area contributed by atoms with Crippen LogP contribution in [0.5, 0.6) is 0 Å². The quantitative estimate of drug-likeness (QED) is 0.0222. The normalized spacial score (nSPS) is 14.2. The third kappa shape index (κ3) is 57.2. The van der Waals surface area contributed by atoms with Crippen molar-refractivity contribution in [1.82, 2.24) is 0 Å². The zero-order chi connectivity index (χ0) is 60.5. The molecule has 0 aliphatic rings. The Labute approximate surface area is 498 Å². The maximum Gasteiger partial charge on any atom is 0.472 e. The molecule has 0 fully saturated rings. The predicted molar refractivity (Wildman–Crippen MR) is 326 cm³/mol. The van der Waals surface area contributed by atoms with E-state index in [1.54, 1.807) is 0 Å². The van der Waals surface area contributed by atoms with Crippen molar-refractivity contribution in [3.63, 3.8) is 0 Å². The molecule has 0 radical (unpaired) electrons. The number of carbonyl (C=O) groups excluding carboxylic acids is 4. The molecule has 486 valence electrons. The highest BCUT2D eigenvalue weighted by atomic mass is 31.2. The van der Waals surface area contributed by atoms with Crippen LogP contribution in [0.25, 0.3) is 0 Å². The Morgan fingerprint density at radius 3 is 0.720 bits per heavy atom. The molecule has 0 saturated carbocycles. The first-order valence-corrected chi connectivity index (χ1v) is 36.3. The molecule has 0 bridgehead atoms. The van der Waals surface area contributed by atoms with Gasteiger partial charge in [-0.2, -0.15) is 0 Å². The lowest BCUT2D eigenvalue weighted by atomic mass is 10.0. The van der Waals surface area contributed by atoms with Crippen LogP contribution in [0, 0.1) is 0 Å². The maximum atomic E-state index is 13.0. The van der Waals surface area contributed by atoms with Gasteiger partial charge in [-0.15, -0.1) is 0 Å². The molecule has 17 nitrogen and oxygen atoms in total. The van der Waals surface area contributed by atoms with Gasteiger partial charge in [-0.1, -0.05) is 272 Å². The first-order valence-electron chi connectivity index (χ1n) is 33.3. The van der Waals surface area contributed by atoms with E-state index in [2.05, 4.69) is 27.7 Å². The average Bonchev–Trinajstić information content (AvgIpc) is 3.45. The Kier molecular flexibility index (Phi) is 56.7. The smallest absolute Gasteiger partial charge is 0.462 e. The summed E-state index contributed by atoms with van der Waals surface area (Å²) < 4.78 is 67.9. The zero-order valence-corrected chi connectivity index (χ0v) is 54.2. The lowest BCUT2D eigenvalue weighted by Crippen LogP contribution is -2.30. The van der Waals surface area contributed by atoms with E-state index < -0.39 is 97.5 Å². The van der Waals surface area contributed by atoms with Crippen LogP contribution in [-0.4, -0.2) is 96.7 Å². The fraction of sp³-hybridized carbons (Fsp3) is 0.937. The molecule has 0 aromatic carbocycles. The molecule has 2 unspecified atom stereocenters. The van der Waals surface area contributed by atoms with Crippen molar-refractivity contribution in [2.45, 2.75) is 341 Å². The van der Waals surface area contributed by atoms with Crippen LogP contribution in [-0.2, 0) is 65.4 Å². The summed E-state index contributed by atoms with van der Waals surface area (Å²) in [6.07, 6.45) is 42.9. The minimum atomic E-state index is -4.94. The number of ether oxygens (including phenoxy) is 4. The molecule has 0 rings (SSSR count). The molecule has 0 aliphatic heterocycles. The van der Waals surface area contributed by atoms with Crippen molar-refractivity contribution in [3.8, 4) is 0 Å². The van der Waals surface area contributed by atoms with Gasteiger partial charge in [-0.25, -0.2) is 9.13 Å². The molecule has 0 saturated heterocycles. The summed E-state index contributed by atoms with van der Waals surface area (Å²) in [7, 11) is -9.88. The van der Waals surface area contributed by atoms with Gasteiger partial charge in [-0.05, 0) is 25.7 Å². The molecular weight excluding hydrogens is 1090 g/mol. The summed E-state index contributed by atoms with van der Waals surface area (Å²) in [6.45, 7) is 4.87. The summed E-state index contributed by atoms with van der Waals surface area (Å²) in [4.78, 5) is 72.1. The minimum absolute atomic E-state index is 0.107. The van der Waals surface area contributed by atoms with E-state index in [-0.39, 0.29) is 25.7 Å². The van der Waals surface area contributed by atoms with Gasteiger partial charge in [0.1, 0.15) is 19.3 Å². The largest absolute Gasteiger partial charge is 0.472 e. The van der Waals surface area contributed by atoms with Crippen molar-refractivity contribution in [2.24, 2.45) is 0 Å². The Morgan fingerprint density at radius 1 is 0.293 bits per heavy atom. The maximum absolute atomic E-state index is 13.0. The SMILES string of the molecule is CCCCCCCCCCCCCCC(=O)O[C@H](COC(=O)CCCCCCCCCCCC)COP(=O)(O)OC[C@@H](O)COP(=O)(O)OC[C@@H](COC(=O)CCCCCCCCCCCC)OC(=O)CCCCCCCCCCCC. The number of esters is 4. The standard InChI is InChI=1S/C63H122O17P2/c1-5-9-13-17-21-25-29-30-34-38-42-46-50-63(68)80-59(54-74-61(66)48-44-40-36-32-27-23-19-15-11-7-3)56-78-82(71,72)76-52-57(64)51-75-81(69,70)77-55-58(79-62(67)49-45-41-37-33-28-24-20-16-12-8-4)53-73-60(65)47-43-39-35-31-26-22-18-14-10-6-2/h57-59,64H,5-56H2,1-4H3,(H,69,70)(H,71,72)/t57-,58+,59+/m0/s1. The number of aliphatic hydroxyl groups is 1. The third-order valence-electron chi connectivity index (χ3n) is 14.6. The van der Waals surface area contributed by atoms with Gasteiger partial charge in [0, 0.05) is 25.7 Å². The van der Waals surface area contributed by atoms with Crippen molar-refractivity contribution in [3.05, 3.63) is 0 Å². The van der Waals surface area contributed by atoms with Gasteiger partial charge < -0.3 is 33.8 Å². The van der Waals surface area contributed by atoms with Gasteiger partial charge >= 0.3 is 39.5 Å². The number of rotatable bonds is 64. The van der Waals surface area contributed by atoms with Crippen LogP contribution in [0.15, 0.2) is 0 Å². The molecule has 3 N–H and O–H groups in total. The molecule has 0 aromatic rings. The van der Waals surface area contributed by atoms with E-state index in [0.29, 0.717) is 25.7 Å². The number of carbonyl (C=O) groups is 4. The fourth-order valence-electron chi connectivity index (χ4n) is 9.46.